The maximum absolute atomic E-state index is 13.1. The summed E-state index contributed by atoms with van der Waals surface area (Å²) in [7, 11) is 4.78. The molecule has 16 nitrogen and oxygen atoms in total. The van der Waals surface area contributed by atoms with Crippen molar-refractivity contribution < 1.29 is 32.6 Å². The number of nitrogen functional groups attached to an aromatic ring is 1. The molecule has 0 aliphatic carbocycles. The molecule has 4 aromatic heterocycles. The van der Waals surface area contributed by atoms with Crippen molar-refractivity contribution in [2.45, 2.75) is 13.3 Å². The lowest BCUT2D eigenvalue weighted by atomic mass is 10.1. The predicted octanol–water partition coefficient (Wildman–Crippen LogP) is 6.73. The summed E-state index contributed by atoms with van der Waals surface area (Å²) in [6.45, 7) is 9.76. The zero-order valence-corrected chi connectivity index (χ0v) is 41.1. The molecular formula is C55H59F2N9O7. The number of Topliss-reactive ketones (excluding diaryl/α,β-unsaturated/α-hetero) is 2. The number of hydrogen-bond acceptors (Lipinski definition) is 14. The van der Waals surface area contributed by atoms with Gasteiger partial charge in [-0.05, 0) is 128 Å². The number of ketones is 2. The highest BCUT2D eigenvalue weighted by atomic mass is 19.1. The van der Waals surface area contributed by atoms with E-state index in [0.717, 1.165) is 86.9 Å². The van der Waals surface area contributed by atoms with Crippen molar-refractivity contribution in [3.63, 3.8) is 0 Å². The van der Waals surface area contributed by atoms with Crippen LogP contribution in [0.5, 0.6) is 17.2 Å². The van der Waals surface area contributed by atoms with Gasteiger partial charge in [0, 0.05) is 99.3 Å². The fourth-order valence-electron chi connectivity index (χ4n) is 7.27. The summed E-state index contributed by atoms with van der Waals surface area (Å²) < 4.78 is 43.2. The Hall–Kier alpha value is -8.32. The molecule has 2 aliphatic heterocycles. The fraction of sp³-hybridized carbons (Fsp3) is 0.236. The summed E-state index contributed by atoms with van der Waals surface area (Å²) >= 11 is 0. The minimum Gasteiger partial charge on any atom is -0.497 e. The molecular weight excluding hydrogens is 937 g/mol. The van der Waals surface area contributed by atoms with Gasteiger partial charge < -0.3 is 40.8 Å². The van der Waals surface area contributed by atoms with Gasteiger partial charge in [-0.1, -0.05) is 0 Å². The van der Waals surface area contributed by atoms with E-state index in [1.165, 1.54) is 53.8 Å². The summed E-state index contributed by atoms with van der Waals surface area (Å²) in [5.74, 6) is 1.21. The van der Waals surface area contributed by atoms with Crippen LogP contribution in [0, 0.1) is 11.6 Å². The number of ether oxygens (including phenoxy) is 3. The summed E-state index contributed by atoms with van der Waals surface area (Å²) in [4.78, 5) is 58.0. The number of fused-ring (bicyclic) bond motifs is 2. The Morgan fingerprint density at radius 1 is 0.562 bits per heavy atom. The van der Waals surface area contributed by atoms with Crippen LogP contribution in [-0.4, -0.2) is 104 Å². The number of carbonyl (C=O) groups excluding carboxylic acids is 2. The second kappa shape index (κ2) is 27.3. The van der Waals surface area contributed by atoms with Crippen molar-refractivity contribution >= 4 is 34.2 Å². The minimum absolute atomic E-state index is 0.0354. The molecule has 380 valence electrons. The SMILES string of the molecule is C1CNCCN1.COc1ccc(-c2cc(=O)n3cc(F)ccc3n2)cc1.COc1ccc(-c2cc(=O)n3cc(N4CCNCC4)ccc3n2)cc1.COc1ccc(C(=O)CC(C)=O)cc1.Nc1ccc(F)cc1. The zero-order valence-electron chi connectivity index (χ0n) is 41.1. The van der Waals surface area contributed by atoms with Crippen molar-refractivity contribution in [1.82, 2.24) is 34.7 Å². The first kappa shape index (κ1) is 54.0. The number of halogens is 2. The lowest BCUT2D eigenvalue weighted by Crippen LogP contribution is -2.43. The van der Waals surface area contributed by atoms with Crippen LogP contribution in [-0.2, 0) is 4.79 Å². The normalized spacial score (nSPS) is 12.8. The molecule has 0 atom stereocenters. The number of benzene rings is 4. The number of nitrogens with two attached hydrogens (primary N) is 1. The number of hydrogen-bond donors (Lipinski definition) is 4. The molecule has 8 aromatic rings. The van der Waals surface area contributed by atoms with Crippen molar-refractivity contribution in [2.24, 2.45) is 0 Å². The molecule has 4 aromatic carbocycles. The van der Waals surface area contributed by atoms with Crippen molar-refractivity contribution in [1.29, 1.82) is 0 Å². The highest BCUT2D eigenvalue weighted by Crippen LogP contribution is 2.23. The average molecular weight is 996 g/mol. The Balaban J connectivity index is 0.000000161. The van der Waals surface area contributed by atoms with Gasteiger partial charge in [-0.25, -0.2) is 18.7 Å². The maximum Gasteiger partial charge on any atom is 0.258 e. The molecule has 0 unspecified atom stereocenters. The van der Waals surface area contributed by atoms with Crippen LogP contribution in [0.4, 0.5) is 20.2 Å². The van der Waals surface area contributed by atoms with Crippen LogP contribution in [0.3, 0.4) is 0 Å². The fourth-order valence-corrected chi connectivity index (χ4v) is 7.27. The monoisotopic (exact) mass is 995 g/mol. The third-order valence-corrected chi connectivity index (χ3v) is 11.2. The second-order valence-electron chi connectivity index (χ2n) is 16.4. The van der Waals surface area contributed by atoms with E-state index in [-0.39, 0.29) is 34.9 Å². The van der Waals surface area contributed by atoms with Gasteiger partial charge in [0.25, 0.3) is 11.1 Å². The van der Waals surface area contributed by atoms with Gasteiger partial charge in [0.2, 0.25) is 0 Å². The number of pyridine rings is 2. The molecule has 0 saturated carbocycles. The molecule has 0 spiro atoms. The van der Waals surface area contributed by atoms with E-state index in [2.05, 4.69) is 30.8 Å². The third-order valence-electron chi connectivity index (χ3n) is 11.2. The predicted molar refractivity (Wildman–Crippen MR) is 281 cm³/mol. The second-order valence-corrected chi connectivity index (χ2v) is 16.4. The van der Waals surface area contributed by atoms with E-state index in [4.69, 9.17) is 19.9 Å². The lowest BCUT2D eigenvalue weighted by Gasteiger charge is -2.29. The van der Waals surface area contributed by atoms with Gasteiger partial charge in [0.1, 0.15) is 46.0 Å². The molecule has 10 rings (SSSR count). The molecule has 73 heavy (non-hydrogen) atoms. The first-order valence-corrected chi connectivity index (χ1v) is 23.4. The van der Waals surface area contributed by atoms with E-state index in [1.807, 2.05) is 54.7 Å². The molecule has 2 saturated heterocycles. The van der Waals surface area contributed by atoms with Crippen LogP contribution >= 0.6 is 0 Å². The number of piperazine rings is 2. The van der Waals surface area contributed by atoms with E-state index in [1.54, 1.807) is 68.2 Å². The van der Waals surface area contributed by atoms with Gasteiger partial charge in [-0.2, -0.15) is 0 Å². The summed E-state index contributed by atoms with van der Waals surface area (Å²) in [5.41, 5.74) is 11.0. The van der Waals surface area contributed by atoms with E-state index >= 15 is 0 Å². The number of anilines is 2. The Labute approximate surface area is 421 Å². The van der Waals surface area contributed by atoms with Gasteiger partial charge in [0.05, 0.1) is 44.8 Å². The summed E-state index contributed by atoms with van der Waals surface area (Å²) in [6, 6.07) is 36.9. The molecule has 0 radical (unpaired) electrons. The van der Waals surface area contributed by atoms with Gasteiger partial charge in [-0.15, -0.1) is 0 Å². The standard InChI is InChI=1S/C19H20N4O2.C15H11FN2O2.C11H12O3.C6H6FN.C4H10N2/c1-25-16-5-2-14(3-6-16)17-12-19(24)23-13-15(4-7-18(23)21-17)22-10-8-20-9-11-22;1-20-12-5-2-10(3-6-12)13-8-15(19)18-9-11(16)4-7-14(18)17-13;1-8(12)7-11(13)9-3-5-10(14-2)6-4-9;7-5-1-3-6(8)4-2-5;1-2-6-4-3-5-1/h2-7,12-13,20H,8-11H2,1H3;2-9H,1H3;3-6H,7H2,1-2H3;1-4H,8H2;5-6H,1-4H2. The number of rotatable bonds is 9. The quantitative estimate of drug-likeness (QED) is 0.0675. The lowest BCUT2D eigenvalue weighted by molar-refractivity contribution is -0.116. The summed E-state index contributed by atoms with van der Waals surface area (Å²) in [5, 5.41) is 9.78. The van der Waals surface area contributed by atoms with E-state index in [9.17, 15) is 28.0 Å². The van der Waals surface area contributed by atoms with Crippen LogP contribution in [0.25, 0.3) is 33.8 Å². The highest BCUT2D eigenvalue weighted by Gasteiger charge is 2.13. The number of methoxy groups -OCH3 is 3. The van der Waals surface area contributed by atoms with Crippen LogP contribution in [0.2, 0.25) is 0 Å². The average Bonchev–Trinajstić information content (AvgIpc) is 3.43. The number of nitrogens with zero attached hydrogens (tertiary/aromatic N) is 5. The first-order valence-electron chi connectivity index (χ1n) is 23.4. The molecule has 5 N–H and O–H groups in total. The Morgan fingerprint density at radius 2 is 0.986 bits per heavy atom. The van der Waals surface area contributed by atoms with Crippen LogP contribution in [0.1, 0.15) is 23.7 Å². The van der Waals surface area contributed by atoms with Crippen LogP contribution < -0.4 is 51.9 Å². The third kappa shape index (κ3) is 16.4. The molecule has 18 heteroatoms. The Morgan fingerprint density at radius 3 is 1.42 bits per heavy atom. The number of carbonyl (C=O) groups is 2. The van der Waals surface area contributed by atoms with Gasteiger partial charge in [-0.3, -0.25) is 28.0 Å². The molecule has 2 fully saturated rings. The van der Waals surface area contributed by atoms with Gasteiger partial charge in [0.15, 0.2) is 5.78 Å². The Kier molecular flexibility index (Phi) is 20.2. The molecule has 0 amide bonds. The number of aromatic nitrogens is 4. The Bertz CT molecular complexity index is 3130. The molecule has 0 bridgehead atoms. The van der Waals surface area contributed by atoms with E-state index in [0.29, 0.717) is 39.7 Å². The minimum atomic E-state index is -0.474. The van der Waals surface area contributed by atoms with Crippen molar-refractivity contribution in [3.05, 3.63) is 184 Å². The van der Waals surface area contributed by atoms with Gasteiger partial charge >= 0.3 is 0 Å². The molecule has 2 aliphatic rings. The van der Waals surface area contributed by atoms with Crippen molar-refractivity contribution in [2.75, 3.05) is 84.3 Å². The first-order chi connectivity index (χ1) is 35.3. The summed E-state index contributed by atoms with van der Waals surface area (Å²) in [6.07, 6.45) is 2.97. The zero-order chi connectivity index (χ0) is 52.1. The number of nitrogens with one attached hydrogen (secondary N) is 3. The topological polar surface area (TPSA) is 196 Å². The van der Waals surface area contributed by atoms with Crippen LogP contribution in [0.15, 0.2) is 155 Å². The largest absolute Gasteiger partial charge is 0.497 e. The maximum atomic E-state index is 13.1. The van der Waals surface area contributed by atoms with E-state index < -0.39 is 5.82 Å². The van der Waals surface area contributed by atoms with Crippen molar-refractivity contribution in [3.8, 4) is 39.8 Å². The molecule has 6 heterocycles. The highest BCUT2D eigenvalue weighted by molar-refractivity contribution is 6.07. The smallest absolute Gasteiger partial charge is 0.258 e.